The van der Waals surface area contributed by atoms with E-state index in [1.54, 1.807) is 0 Å². The molecule has 0 aliphatic rings. The summed E-state index contributed by atoms with van der Waals surface area (Å²) in [7, 11) is -2.04. The van der Waals surface area contributed by atoms with Crippen molar-refractivity contribution in [2.24, 2.45) is 0 Å². The van der Waals surface area contributed by atoms with E-state index in [0.29, 0.717) is 6.61 Å². The number of ether oxygens (including phenoxy) is 2. The molecular formula is C14H28O3SeSi. The van der Waals surface area contributed by atoms with E-state index >= 15 is 0 Å². The van der Waals surface area contributed by atoms with Gasteiger partial charge >= 0.3 is 126 Å². The van der Waals surface area contributed by atoms with Gasteiger partial charge in [0.1, 0.15) is 0 Å². The molecule has 0 aromatic carbocycles. The molecule has 0 aromatic rings. The second-order valence-electron chi connectivity index (χ2n) is 6.03. The van der Waals surface area contributed by atoms with Crippen LogP contribution in [0.2, 0.25) is 24.0 Å². The Hall–Kier alpha value is 0.176. The fourth-order valence-electron chi connectivity index (χ4n) is 1.62. The Morgan fingerprint density at radius 1 is 1.32 bits per heavy atom. The van der Waals surface area contributed by atoms with Gasteiger partial charge < -0.3 is 0 Å². The first-order valence-electron chi connectivity index (χ1n) is 6.57. The molecule has 2 atom stereocenters. The molecule has 5 heteroatoms. The molecule has 0 bridgehead atoms. The Kier molecular flexibility index (Phi) is 7.33. The third-order valence-electron chi connectivity index (χ3n) is 3.82. The third kappa shape index (κ3) is 4.32. The Morgan fingerprint density at radius 3 is 2.16 bits per heavy atom. The van der Waals surface area contributed by atoms with Crippen LogP contribution >= 0.6 is 0 Å². The van der Waals surface area contributed by atoms with Gasteiger partial charge in [-0.15, -0.1) is 0 Å². The predicted octanol–water partition coefficient (Wildman–Crippen LogP) is 3.45. The molecule has 0 fully saturated rings. The van der Waals surface area contributed by atoms with Gasteiger partial charge in [-0.05, 0) is 0 Å². The summed E-state index contributed by atoms with van der Waals surface area (Å²) in [4.78, 5) is 0. The summed E-state index contributed by atoms with van der Waals surface area (Å²) in [5, 5.41) is 0.0660. The van der Waals surface area contributed by atoms with Crippen LogP contribution in [0.1, 0.15) is 34.6 Å². The van der Waals surface area contributed by atoms with E-state index in [4.69, 9.17) is 19.7 Å². The Balaban J connectivity index is 5.47. The summed E-state index contributed by atoms with van der Waals surface area (Å²) in [5.74, 6) is 4.81. The van der Waals surface area contributed by atoms with Crippen molar-refractivity contribution in [1.82, 2.24) is 0 Å². The van der Waals surface area contributed by atoms with Crippen molar-refractivity contribution in [3.05, 3.63) is 0 Å². The Morgan fingerprint density at radius 2 is 1.84 bits per heavy atom. The zero-order valence-electron chi connectivity index (χ0n) is 13.5. The predicted molar refractivity (Wildman–Crippen MR) is 83.6 cm³/mol. The first kappa shape index (κ1) is 19.2. The second kappa shape index (κ2) is 7.26. The van der Waals surface area contributed by atoms with Crippen molar-refractivity contribution in [3.8, 4) is 12.3 Å². The molecule has 19 heavy (non-hydrogen) atoms. The van der Waals surface area contributed by atoms with E-state index in [9.17, 15) is 0 Å². The zero-order chi connectivity index (χ0) is 15.3. The summed E-state index contributed by atoms with van der Waals surface area (Å²) >= 11 is -0.0200. The minimum atomic E-state index is -2.04. The van der Waals surface area contributed by atoms with Crippen molar-refractivity contribution >= 4 is 23.4 Å². The van der Waals surface area contributed by atoms with Crippen molar-refractivity contribution in [2.45, 2.75) is 70.3 Å². The maximum atomic E-state index is 6.06. The van der Waals surface area contributed by atoms with Gasteiger partial charge in [0.05, 0.1) is 0 Å². The molecule has 0 radical (unpaired) electrons. The van der Waals surface area contributed by atoms with Crippen molar-refractivity contribution in [2.75, 3.05) is 6.61 Å². The first-order valence-corrected chi connectivity index (χ1v) is 12.0. The van der Waals surface area contributed by atoms with Crippen LogP contribution in [-0.2, 0) is 13.3 Å². The SMILES string of the molecule is C#CC(O[Se]C)(OC(C)OCC)[Si](C)(C)C(C)(C)C. The van der Waals surface area contributed by atoms with E-state index in [0.717, 1.165) is 0 Å². The van der Waals surface area contributed by atoms with Gasteiger partial charge in [0.25, 0.3) is 0 Å². The van der Waals surface area contributed by atoms with Gasteiger partial charge in [-0.2, -0.15) is 0 Å². The topological polar surface area (TPSA) is 27.7 Å². The van der Waals surface area contributed by atoms with E-state index in [1.165, 1.54) is 0 Å². The third-order valence-corrected chi connectivity index (χ3v) is 10.8. The molecule has 0 aliphatic carbocycles. The summed E-state index contributed by atoms with van der Waals surface area (Å²) in [5.41, 5.74) is -0.936. The van der Waals surface area contributed by atoms with Crippen LogP contribution in [0.5, 0.6) is 0 Å². The van der Waals surface area contributed by atoms with Gasteiger partial charge in [-0.3, -0.25) is 0 Å². The van der Waals surface area contributed by atoms with Gasteiger partial charge in [-0.1, -0.05) is 0 Å². The van der Waals surface area contributed by atoms with Crippen LogP contribution in [0.25, 0.3) is 0 Å². The average Bonchev–Trinajstić information content (AvgIpc) is 2.26. The summed E-state index contributed by atoms with van der Waals surface area (Å²) < 4.78 is 17.5. The molecule has 0 aliphatic heterocycles. The summed E-state index contributed by atoms with van der Waals surface area (Å²) in [6, 6.07) is 0. The normalized spacial score (nSPS) is 17.6. The van der Waals surface area contributed by atoms with Crippen LogP contribution in [-0.4, -0.2) is 41.7 Å². The molecule has 0 spiro atoms. The standard InChI is InChI=1S/C14H28O3SeSi/c1-10-14(17-18-7,16-12(3)15-11-2)19(8,9)13(4,5)6/h1,12H,11H2,2-9H3. The number of hydrogen-bond acceptors (Lipinski definition) is 3. The fraction of sp³-hybridized carbons (Fsp3) is 0.857. The Bertz CT molecular complexity index is 320. The number of rotatable bonds is 7. The first-order chi connectivity index (χ1) is 8.58. The minimum absolute atomic E-state index is 0.0200. The van der Waals surface area contributed by atoms with E-state index < -0.39 is 13.5 Å². The maximum absolute atomic E-state index is 6.06. The van der Waals surface area contributed by atoms with Crippen LogP contribution in [0.4, 0.5) is 0 Å². The zero-order valence-corrected chi connectivity index (χ0v) is 16.2. The Labute approximate surface area is 126 Å². The number of terminal acetylenes is 1. The molecule has 112 valence electrons. The molecule has 0 saturated heterocycles. The van der Waals surface area contributed by atoms with Gasteiger partial charge in [0, 0.05) is 0 Å². The molecular weight excluding hydrogens is 323 g/mol. The quantitative estimate of drug-likeness (QED) is 0.399. The molecule has 0 heterocycles. The summed E-state index contributed by atoms with van der Waals surface area (Å²) in [6.07, 6.45) is 5.45. The van der Waals surface area contributed by atoms with Crippen LogP contribution in [0.3, 0.4) is 0 Å². The average molecular weight is 351 g/mol. The van der Waals surface area contributed by atoms with Gasteiger partial charge in [-0.25, -0.2) is 0 Å². The molecule has 0 aromatic heterocycles. The van der Waals surface area contributed by atoms with Gasteiger partial charge in [0.15, 0.2) is 0 Å². The summed E-state index contributed by atoms with van der Waals surface area (Å²) in [6.45, 7) is 15.4. The van der Waals surface area contributed by atoms with Crippen molar-refractivity contribution in [3.63, 3.8) is 0 Å². The fourth-order valence-corrected chi connectivity index (χ4v) is 6.06. The molecule has 0 N–H and O–H groups in total. The number of hydrogen-bond donors (Lipinski definition) is 0. The molecule has 3 nitrogen and oxygen atoms in total. The van der Waals surface area contributed by atoms with Gasteiger partial charge in [0.2, 0.25) is 0 Å². The van der Waals surface area contributed by atoms with Crippen LogP contribution < -0.4 is 0 Å². The molecule has 2 unspecified atom stereocenters. The second-order valence-corrected chi connectivity index (χ2v) is 12.5. The van der Waals surface area contributed by atoms with E-state index in [2.05, 4.69) is 39.8 Å². The van der Waals surface area contributed by atoms with Crippen LogP contribution in [0, 0.1) is 12.3 Å². The molecule has 0 saturated carbocycles. The van der Waals surface area contributed by atoms with E-state index in [1.807, 2.05) is 19.7 Å². The van der Waals surface area contributed by atoms with Crippen molar-refractivity contribution in [1.29, 1.82) is 0 Å². The molecule has 0 rings (SSSR count). The van der Waals surface area contributed by atoms with E-state index in [-0.39, 0.29) is 26.6 Å². The van der Waals surface area contributed by atoms with Crippen LogP contribution in [0.15, 0.2) is 0 Å². The monoisotopic (exact) mass is 352 g/mol. The molecule has 0 amide bonds. The van der Waals surface area contributed by atoms with Crippen molar-refractivity contribution < 1.29 is 13.3 Å².